The molecule has 0 radical (unpaired) electrons. The first-order valence-electron chi connectivity index (χ1n) is 6.15. The van der Waals surface area contributed by atoms with Crippen molar-refractivity contribution in [3.8, 4) is 5.95 Å². The van der Waals surface area contributed by atoms with Gasteiger partial charge in [-0.1, -0.05) is 0 Å². The minimum absolute atomic E-state index is 0.0927. The van der Waals surface area contributed by atoms with Crippen molar-refractivity contribution in [1.82, 2.24) is 29.8 Å². The Morgan fingerprint density at radius 1 is 1.25 bits per heavy atom. The summed E-state index contributed by atoms with van der Waals surface area (Å²) in [5.74, 6) is 1.03. The molecule has 2 aromatic rings. The molecule has 0 fully saturated rings. The van der Waals surface area contributed by atoms with Gasteiger partial charge in [-0.05, 0) is 6.92 Å². The van der Waals surface area contributed by atoms with Crippen molar-refractivity contribution < 1.29 is 4.79 Å². The number of amides is 1. The van der Waals surface area contributed by atoms with Gasteiger partial charge in [0, 0.05) is 26.0 Å². The van der Waals surface area contributed by atoms with E-state index in [1.165, 1.54) is 0 Å². The highest BCUT2D eigenvalue weighted by atomic mass is 16.1. The molecular weight excluding hydrogens is 260 g/mol. The predicted molar refractivity (Wildman–Crippen MR) is 73.7 cm³/mol. The van der Waals surface area contributed by atoms with E-state index in [-0.39, 0.29) is 12.5 Å². The topological polar surface area (TPSA) is 110 Å². The van der Waals surface area contributed by atoms with Gasteiger partial charge in [0.2, 0.25) is 23.8 Å². The highest BCUT2D eigenvalue weighted by Gasteiger charge is 2.08. The predicted octanol–water partition coefficient (Wildman–Crippen LogP) is -0.353. The number of likely N-dealkylation sites (N-methyl/N-ethyl adjacent to an activating group) is 1. The number of carbonyl (C=O) groups is 1. The molecule has 0 aliphatic heterocycles. The first-order chi connectivity index (χ1) is 9.72. The quantitative estimate of drug-likeness (QED) is 0.661. The van der Waals surface area contributed by atoms with E-state index in [1.807, 2.05) is 6.92 Å². The molecule has 0 bridgehead atoms. The molecule has 2 aromatic heterocycles. The second-order valence-electron chi connectivity index (χ2n) is 3.81. The van der Waals surface area contributed by atoms with Crippen LogP contribution < -0.4 is 16.0 Å². The molecule has 2 rings (SSSR count). The summed E-state index contributed by atoms with van der Waals surface area (Å²) >= 11 is 0. The zero-order chi connectivity index (χ0) is 14.4. The Hall–Kier alpha value is -2.71. The summed E-state index contributed by atoms with van der Waals surface area (Å²) in [6.45, 7) is 2.72. The number of hydrogen-bond donors (Lipinski definition) is 3. The molecule has 1 amide bonds. The zero-order valence-corrected chi connectivity index (χ0v) is 11.3. The fourth-order valence-electron chi connectivity index (χ4n) is 1.42. The summed E-state index contributed by atoms with van der Waals surface area (Å²) in [4.78, 5) is 27.9. The lowest BCUT2D eigenvalue weighted by Crippen LogP contribution is -2.27. The molecule has 0 spiro atoms. The van der Waals surface area contributed by atoms with Crippen LogP contribution in [-0.4, -0.2) is 50.5 Å². The molecule has 9 nitrogen and oxygen atoms in total. The molecule has 9 heteroatoms. The number of carbonyl (C=O) groups excluding carboxylic acids is 1. The molecule has 106 valence electrons. The molecule has 0 aromatic carbocycles. The number of anilines is 2. The maximum absolute atomic E-state index is 11.2. The van der Waals surface area contributed by atoms with E-state index in [2.05, 4.69) is 35.9 Å². The van der Waals surface area contributed by atoms with E-state index < -0.39 is 0 Å². The maximum atomic E-state index is 11.2. The van der Waals surface area contributed by atoms with Gasteiger partial charge >= 0.3 is 0 Å². The summed E-state index contributed by atoms with van der Waals surface area (Å²) in [6.07, 6.45) is 4.95. The van der Waals surface area contributed by atoms with Crippen molar-refractivity contribution in [3.05, 3.63) is 18.7 Å². The molecule has 0 atom stereocenters. The summed E-state index contributed by atoms with van der Waals surface area (Å²) in [5, 5.41) is 8.38. The number of hydrogen-bond acceptors (Lipinski definition) is 7. The second kappa shape index (κ2) is 6.45. The summed E-state index contributed by atoms with van der Waals surface area (Å²) in [5.41, 5.74) is 0. The van der Waals surface area contributed by atoms with E-state index in [1.54, 1.807) is 30.3 Å². The lowest BCUT2D eigenvalue weighted by Gasteiger charge is -2.09. The van der Waals surface area contributed by atoms with Gasteiger partial charge in [0.15, 0.2) is 0 Å². The Labute approximate surface area is 115 Å². The van der Waals surface area contributed by atoms with Gasteiger partial charge in [-0.2, -0.15) is 15.0 Å². The van der Waals surface area contributed by atoms with Gasteiger partial charge < -0.3 is 16.0 Å². The lowest BCUT2D eigenvalue weighted by molar-refractivity contribution is -0.118. The molecular formula is C11H16N8O. The van der Waals surface area contributed by atoms with E-state index in [0.717, 1.165) is 0 Å². The van der Waals surface area contributed by atoms with Crippen LogP contribution in [0.5, 0.6) is 0 Å². The van der Waals surface area contributed by atoms with Crippen LogP contribution in [0.3, 0.4) is 0 Å². The van der Waals surface area contributed by atoms with Crippen LogP contribution in [0.1, 0.15) is 6.92 Å². The van der Waals surface area contributed by atoms with Crippen molar-refractivity contribution >= 4 is 17.8 Å². The van der Waals surface area contributed by atoms with Crippen molar-refractivity contribution in [2.75, 3.05) is 30.8 Å². The van der Waals surface area contributed by atoms with E-state index in [0.29, 0.717) is 24.4 Å². The maximum Gasteiger partial charge on any atom is 0.241 e. The normalized spacial score (nSPS) is 10.1. The Morgan fingerprint density at radius 3 is 2.60 bits per heavy atom. The van der Waals surface area contributed by atoms with Crippen LogP contribution in [0.2, 0.25) is 0 Å². The van der Waals surface area contributed by atoms with E-state index in [9.17, 15) is 4.79 Å². The third kappa shape index (κ3) is 3.40. The first kappa shape index (κ1) is 13.7. The molecule has 0 saturated heterocycles. The number of rotatable bonds is 6. The van der Waals surface area contributed by atoms with Gasteiger partial charge in [0.05, 0.1) is 6.54 Å². The molecule has 0 saturated carbocycles. The van der Waals surface area contributed by atoms with Gasteiger partial charge in [-0.15, -0.1) is 0 Å². The minimum Gasteiger partial charge on any atom is -0.358 e. The number of nitrogens with zero attached hydrogens (tertiary/aromatic N) is 5. The molecule has 20 heavy (non-hydrogen) atoms. The van der Waals surface area contributed by atoms with Gasteiger partial charge in [-0.25, -0.2) is 4.98 Å². The average molecular weight is 276 g/mol. The van der Waals surface area contributed by atoms with Crippen LogP contribution in [-0.2, 0) is 4.79 Å². The highest BCUT2D eigenvalue weighted by Crippen LogP contribution is 2.08. The average Bonchev–Trinajstić information content (AvgIpc) is 2.99. The number of imidazole rings is 1. The Kier molecular flexibility index (Phi) is 4.43. The summed E-state index contributed by atoms with van der Waals surface area (Å²) in [7, 11) is 1.57. The summed E-state index contributed by atoms with van der Waals surface area (Å²) < 4.78 is 1.66. The smallest absolute Gasteiger partial charge is 0.241 e. The lowest BCUT2D eigenvalue weighted by atomic mass is 10.6. The fraction of sp³-hybridized carbons (Fsp3) is 0.364. The third-order valence-electron chi connectivity index (χ3n) is 2.38. The molecule has 0 unspecified atom stereocenters. The van der Waals surface area contributed by atoms with Crippen LogP contribution >= 0.6 is 0 Å². The van der Waals surface area contributed by atoms with Gasteiger partial charge in [0.1, 0.15) is 6.33 Å². The monoisotopic (exact) mass is 276 g/mol. The second-order valence-corrected chi connectivity index (χ2v) is 3.81. The van der Waals surface area contributed by atoms with Crippen LogP contribution in [0.4, 0.5) is 11.9 Å². The van der Waals surface area contributed by atoms with Crippen molar-refractivity contribution in [3.63, 3.8) is 0 Å². The Balaban J connectivity index is 2.24. The van der Waals surface area contributed by atoms with Crippen LogP contribution in [0.25, 0.3) is 5.95 Å². The fourth-order valence-corrected chi connectivity index (χ4v) is 1.42. The van der Waals surface area contributed by atoms with Crippen LogP contribution in [0.15, 0.2) is 18.7 Å². The Morgan fingerprint density at radius 2 is 2.00 bits per heavy atom. The molecule has 3 N–H and O–H groups in total. The SMILES string of the molecule is CCNc1nc(NCC(=O)NC)nc(-n2ccnc2)n1. The molecule has 0 aliphatic carbocycles. The van der Waals surface area contributed by atoms with E-state index >= 15 is 0 Å². The van der Waals surface area contributed by atoms with Crippen molar-refractivity contribution in [2.24, 2.45) is 0 Å². The minimum atomic E-state index is -0.153. The third-order valence-corrected chi connectivity index (χ3v) is 2.38. The molecule has 2 heterocycles. The van der Waals surface area contributed by atoms with Crippen LogP contribution in [0, 0.1) is 0 Å². The largest absolute Gasteiger partial charge is 0.358 e. The van der Waals surface area contributed by atoms with Gasteiger partial charge in [-0.3, -0.25) is 9.36 Å². The zero-order valence-electron chi connectivity index (χ0n) is 11.3. The number of aromatic nitrogens is 5. The molecule has 0 aliphatic rings. The summed E-state index contributed by atoms with van der Waals surface area (Å²) in [6, 6.07) is 0. The Bertz CT molecular complexity index is 568. The van der Waals surface area contributed by atoms with E-state index in [4.69, 9.17) is 0 Å². The van der Waals surface area contributed by atoms with Crippen molar-refractivity contribution in [1.29, 1.82) is 0 Å². The highest BCUT2D eigenvalue weighted by molar-refractivity contribution is 5.79. The standard InChI is InChI=1S/C11H16N8O/c1-3-14-9-16-10(15-6-8(20)12-2)18-11(17-9)19-5-4-13-7-19/h4-5,7H,3,6H2,1-2H3,(H,12,20)(H2,14,15,16,17,18). The first-order valence-corrected chi connectivity index (χ1v) is 6.15. The van der Waals surface area contributed by atoms with Crippen molar-refractivity contribution in [2.45, 2.75) is 6.92 Å². The van der Waals surface area contributed by atoms with Gasteiger partial charge in [0.25, 0.3) is 0 Å². The number of nitrogens with one attached hydrogen (secondary N) is 3.